The molecule has 0 saturated carbocycles. The number of hydrogen-bond acceptors (Lipinski definition) is 3. The van der Waals surface area contributed by atoms with E-state index in [0.717, 1.165) is 59.0 Å². The number of benzene rings is 3. The summed E-state index contributed by atoms with van der Waals surface area (Å²) in [6.45, 7) is 4.76. The van der Waals surface area contributed by atoms with Crippen molar-refractivity contribution in [2.45, 2.75) is 33.1 Å². The summed E-state index contributed by atoms with van der Waals surface area (Å²) in [5.74, 6) is 2.93. The first-order chi connectivity index (χ1) is 15.1. The van der Waals surface area contributed by atoms with Crippen LogP contribution in [0.25, 0.3) is 33.1 Å². The van der Waals surface area contributed by atoms with Gasteiger partial charge in [0.2, 0.25) is 0 Å². The molecule has 3 aromatic carbocycles. The van der Waals surface area contributed by atoms with Gasteiger partial charge in [-0.3, -0.25) is 0 Å². The molecular formula is C26H24N4O. The van der Waals surface area contributed by atoms with E-state index in [9.17, 15) is 0 Å². The highest BCUT2D eigenvalue weighted by Crippen LogP contribution is 2.35. The molecule has 2 aromatic heterocycles. The van der Waals surface area contributed by atoms with Gasteiger partial charge in [0.25, 0.3) is 0 Å². The zero-order chi connectivity index (χ0) is 20.9. The summed E-state index contributed by atoms with van der Waals surface area (Å²) < 4.78 is 5.95. The Kier molecular flexibility index (Phi) is 4.10. The number of ether oxygens (including phenoxy) is 1. The number of H-pyrrole nitrogens is 2. The fraction of sp³-hybridized carbons (Fsp3) is 0.231. The minimum absolute atomic E-state index is 0.678. The summed E-state index contributed by atoms with van der Waals surface area (Å²) in [6, 6.07) is 17.4. The summed E-state index contributed by atoms with van der Waals surface area (Å²) in [5.41, 5.74) is 7.93. The van der Waals surface area contributed by atoms with Crippen molar-refractivity contribution in [2.24, 2.45) is 0 Å². The van der Waals surface area contributed by atoms with Crippen LogP contribution in [0.15, 0.2) is 48.5 Å². The van der Waals surface area contributed by atoms with Crippen molar-refractivity contribution in [3.63, 3.8) is 0 Å². The van der Waals surface area contributed by atoms with Gasteiger partial charge in [-0.2, -0.15) is 0 Å². The maximum atomic E-state index is 5.95. The van der Waals surface area contributed by atoms with Gasteiger partial charge in [-0.25, -0.2) is 9.97 Å². The van der Waals surface area contributed by atoms with E-state index in [2.05, 4.69) is 70.4 Å². The van der Waals surface area contributed by atoms with Crippen LogP contribution in [-0.4, -0.2) is 26.5 Å². The number of aromatic nitrogens is 4. The minimum atomic E-state index is 0.678. The van der Waals surface area contributed by atoms with Crippen molar-refractivity contribution in [3.05, 3.63) is 77.0 Å². The molecule has 1 aliphatic rings. The summed E-state index contributed by atoms with van der Waals surface area (Å²) in [6.07, 6.45) is 2.68. The van der Waals surface area contributed by atoms with Gasteiger partial charge in [0.15, 0.2) is 0 Å². The Balaban J connectivity index is 1.27. The lowest BCUT2D eigenvalue weighted by Crippen LogP contribution is -2.00. The third-order valence-electron chi connectivity index (χ3n) is 6.10. The molecule has 0 bridgehead atoms. The lowest BCUT2D eigenvalue weighted by atomic mass is 10.0. The molecule has 0 radical (unpaired) electrons. The molecule has 0 aliphatic carbocycles. The predicted octanol–water partition coefficient (Wildman–Crippen LogP) is 5.44. The van der Waals surface area contributed by atoms with Crippen molar-refractivity contribution in [2.75, 3.05) is 6.61 Å². The molecule has 3 heterocycles. The monoisotopic (exact) mass is 408 g/mol. The van der Waals surface area contributed by atoms with E-state index in [1.165, 1.54) is 27.6 Å². The van der Waals surface area contributed by atoms with Crippen LogP contribution in [0.4, 0.5) is 0 Å². The first kappa shape index (κ1) is 18.2. The Hall–Kier alpha value is -3.60. The molecule has 1 aliphatic heterocycles. The number of nitrogens with zero attached hydrogens (tertiary/aromatic N) is 2. The van der Waals surface area contributed by atoms with Crippen molar-refractivity contribution in [1.82, 2.24) is 19.9 Å². The first-order valence-corrected chi connectivity index (χ1v) is 10.8. The second-order valence-electron chi connectivity index (χ2n) is 8.48. The van der Waals surface area contributed by atoms with Gasteiger partial charge >= 0.3 is 0 Å². The van der Waals surface area contributed by atoms with E-state index >= 15 is 0 Å². The van der Waals surface area contributed by atoms with Gasteiger partial charge in [-0.1, -0.05) is 24.3 Å². The van der Waals surface area contributed by atoms with Crippen LogP contribution in [-0.2, 0) is 19.3 Å². The standard InChI is InChI=1S/C26H24N4O/c1-15-3-7-20-24(11-15)31-10-9-21-26(20)30-25(29-21)8-5-17-4-6-18-13-22-23(14-19(18)12-17)28-16(2)27-22/h3-4,6-7,11-14H,5,8-10H2,1-2H3,(H,27,28)(H,29,30). The number of aromatic amines is 2. The molecule has 2 N–H and O–H groups in total. The zero-order valence-corrected chi connectivity index (χ0v) is 17.7. The second kappa shape index (κ2) is 6.98. The third kappa shape index (κ3) is 3.26. The van der Waals surface area contributed by atoms with E-state index < -0.39 is 0 Å². The summed E-state index contributed by atoms with van der Waals surface area (Å²) in [5, 5.41) is 2.46. The largest absolute Gasteiger partial charge is 0.492 e. The van der Waals surface area contributed by atoms with E-state index in [1.807, 2.05) is 6.92 Å². The molecule has 6 rings (SSSR count). The minimum Gasteiger partial charge on any atom is -0.492 e. The molecule has 154 valence electrons. The van der Waals surface area contributed by atoms with Gasteiger partial charge in [0, 0.05) is 24.1 Å². The Morgan fingerprint density at radius 1 is 0.903 bits per heavy atom. The van der Waals surface area contributed by atoms with E-state index in [-0.39, 0.29) is 0 Å². The summed E-state index contributed by atoms with van der Waals surface area (Å²) in [4.78, 5) is 16.4. The Morgan fingerprint density at radius 3 is 2.77 bits per heavy atom. The van der Waals surface area contributed by atoms with Gasteiger partial charge in [0.1, 0.15) is 17.4 Å². The Morgan fingerprint density at radius 2 is 1.84 bits per heavy atom. The van der Waals surface area contributed by atoms with Crippen LogP contribution in [0.2, 0.25) is 0 Å². The maximum Gasteiger partial charge on any atom is 0.129 e. The molecule has 5 nitrogen and oxygen atoms in total. The van der Waals surface area contributed by atoms with Crippen LogP contribution in [0.5, 0.6) is 5.75 Å². The molecule has 0 amide bonds. The number of aryl methyl sites for hydroxylation is 4. The molecule has 0 saturated heterocycles. The number of imidazole rings is 2. The molecule has 5 aromatic rings. The lowest BCUT2D eigenvalue weighted by molar-refractivity contribution is 0.325. The molecule has 0 fully saturated rings. The molecular weight excluding hydrogens is 384 g/mol. The molecule has 5 heteroatoms. The number of hydrogen-bond donors (Lipinski definition) is 2. The SMILES string of the molecule is Cc1ccc2c(c1)OCCc1[nH]c(CCc3ccc4cc5nc(C)[nH]c5cc4c3)nc1-2. The van der Waals surface area contributed by atoms with Gasteiger partial charge < -0.3 is 14.7 Å². The Bertz CT molecular complexity index is 1440. The van der Waals surface area contributed by atoms with Crippen molar-refractivity contribution < 1.29 is 4.74 Å². The number of fused-ring (bicyclic) bond motifs is 5. The topological polar surface area (TPSA) is 66.6 Å². The van der Waals surface area contributed by atoms with Crippen molar-refractivity contribution in [3.8, 4) is 17.0 Å². The average molecular weight is 409 g/mol. The average Bonchev–Trinajstić information content (AvgIpc) is 3.28. The molecule has 0 atom stereocenters. The van der Waals surface area contributed by atoms with Crippen LogP contribution in [0.3, 0.4) is 0 Å². The van der Waals surface area contributed by atoms with Crippen molar-refractivity contribution in [1.29, 1.82) is 0 Å². The van der Waals surface area contributed by atoms with Crippen molar-refractivity contribution >= 4 is 21.8 Å². The van der Waals surface area contributed by atoms with Crippen LogP contribution in [0.1, 0.15) is 28.5 Å². The molecule has 0 unspecified atom stereocenters. The molecule has 0 spiro atoms. The highest BCUT2D eigenvalue weighted by molar-refractivity contribution is 5.95. The van der Waals surface area contributed by atoms with E-state index in [0.29, 0.717) is 6.61 Å². The van der Waals surface area contributed by atoms with Crippen LogP contribution >= 0.6 is 0 Å². The second-order valence-corrected chi connectivity index (χ2v) is 8.48. The summed E-state index contributed by atoms with van der Waals surface area (Å²) in [7, 11) is 0. The first-order valence-electron chi connectivity index (χ1n) is 10.8. The fourth-order valence-electron chi connectivity index (χ4n) is 4.54. The van der Waals surface area contributed by atoms with Crippen LogP contribution < -0.4 is 4.74 Å². The van der Waals surface area contributed by atoms with E-state index in [4.69, 9.17) is 9.72 Å². The van der Waals surface area contributed by atoms with E-state index in [1.54, 1.807) is 0 Å². The Labute approximate surface area is 180 Å². The van der Waals surface area contributed by atoms with Gasteiger partial charge in [0.05, 0.1) is 23.3 Å². The third-order valence-corrected chi connectivity index (χ3v) is 6.10. The highest BCUT2D eigenvalue weighted by Gasteiger charge is 2.19. The van der Waals surface area contributed by atoms with Gasteiger partial charge in [-0.15, -0.1) is 0 Å². The lowest BCUT2D eigenvalue weighted by Gasteiger charge is -2.07. The van der Waals surface area contributed by atoms with Crippen LogP contribution in [0, 0.1) is 13.8 Å². The maximum absolute atomic E-state index is 5.95. The fourth-order valence-corrected chi connectivity index (χ4v) is 4.54. The number of rotatable bonds is 3. The van der Waals surface area contributed by atoms with Gasteiger partial charge in [-0.05, 0) is 66.4 Å². The zero-order valence-electron chi connectivity index (χ0n) is 17.7. The highest BCUT2D eigenvalue weighted by atomic mass is 16.5. The quantitative estimate of drug-likeness (QED) is 0.418. The normalized spacial score (nSPS) is 13.1. The molecule has 31 heavy (non-hydrogen) atoms. The summed E-state index contributed by atoms with van der Waals surface area (Å²) >= 11 is 0. The number of nitrogens with one attached hydrogen (secondary N) is 2. The smallest absolute Gasteiger partial charge is 0.129 e. The predicted molar refractivity (Wildman–Crippen MR) is 124 cm³/mol.